The number of anilines is 1. The molecule has 27 heavy (non-hydrogen) atoms. The van der Waals surface area contributed by atoms with Crippen LogP contribution in [-0.4, -0.2) is 42.4 Å². The van der Waals surface area contributed by atoms with Gasteiger partial charge in [-0.05, 0) is 37.8 Å². The van der Waals surface area contributed by atoms with Crippen molar-refractivity contribution in [3.8, 4) is 5.75 Å². The Hall–Kier alpha value is -2.61. The number of hydrogen-bond acceptors (Lipinski definition) is 5. The van der Waals surface area contributed by atoms with Crippen molar-refractivity contribution in [1.82, 2.24) is 4.57 Å². The van der Waals surface area contributed by atoms with E-state index in [9.17, 15) is 14.7 Å². The molecule has 0 bridgehead atoms. The number of aromatic carboxylic acids is 1. The number of rotatable bonds is 5. The van der Waals surface area contributed by atoms with Crippen molar-refractivity contribution < 1.29 is 19.0 Å². The Morgan fingerprint density at radius 2 is 2.15 bits per heavy atom. The van der Waals surface area contributed by atoms with E-state index in [2.05, 4.69) is 0 Å². The van der Waals surface area contributed by atoms with Gasteiger partial charge in [0.1, 0.15) is 11.3 Å². The third kappa shape index (κ3) is 2.84. The lowest BCUT2D eigenvalue weighted by Crippen LogP contribution is -2.25. The Bertz CT molecular complexity index is 983. The number of nitrogens with two attached hydrogens (primary N) is 1. The minimum atomic E-state index is -1.31. The van der Waals surface area contributed by atoms with Crippen LogP contribution in [0.2, 0.25) is 0 Å². The van der Waals surface area contributed by atoms with Crippen LogP contribution in [0.4, 0.5) is 10.1 Å². The van der Waals surface area contributed by atoms with Crippen LogP contribution in [0.25, 0.3) is 10.9 Å². The highest BCUT2D eigenvalue weighted by molar-refractivity contribution is 5.97. The molecule has 2 heterocycles. The molecule has 1 aromatic carbocycles. The summed E-state index contributed by atoms with van der Waals surface area (Å²) in [5.74, 6) is -1.34. The van der Waals surface area contributed by atoms with Gasteiger partial charge in [-0.1, -0.05) is 0 Å². The van der Waals surface area contributed by atoms with Crippen molar-refractivity contribution in [2.45, 2.75) is 25.3 Å². The minimum absolute atomic E-state index is 0.0365. The van der Waals surface area contributed by atoms with Gasteiger partial charge in [-0.2, -0.15) is 0 Å². The number of carboxylic acid groups (broad SMARTS) is 1. The molecule has 4 rings (SSSR count). The first-order valence-corrected chi connectivity index (χ1v) is 9.09. The van der Waals surface area contributed by atoms with Crippen LogP contribution in [0, 0.1) is 11.7 Å². The van der Waals surface area contributed by atoms with E-state index in [1.54, 1.807) is 4.57 Å². The Labute approximate surface area is 155 Å². The zero-order valence-electron chi connectivity index (χ0n) is 15.1. The molecule has 1 aliphatic carbocycles. The first-order chi connectivity index (χ1) is 13.0. The summed E-state index contributed by atoms with van der Waals surface area (Å²) in [5, 5.41) is 9.41. The first-order valence-electron chi connectivity index (χ1n) is 9.09. The molecule has 0 unspecified atom stereocenters. The van der Waals surface area contributed by atoms with Gasteiger partial charge in [-0.25, -0.2) is 9.18 Å². The Kier molecular flexibility index (Phi) is 4.30. The van der Waals surface area contributed by atoms with Crippen LogP contribution in [0.3, 0.4) is 0 Å². The van der Waals surface area contributed by atoms with E-state index in [0.29, 0.717) is 30.8 Å². The van der Waals surface area contributed by atoms with Gasteiger partial charge in [0.15, 0.2) is 11.6 Å². The quantitative estimate of drug-likeness (QED) is 0.829. The van der Waals surface area contributed by atoms with E-state index >= 15 is 4.39 Å². The van der Waals surface area contributed by atoms with Gasteiger partial charge in [0, 0.05) is 25.3 Å². The van der Waals surface area contributed by atoms with Gasteiger partial charge in [-0.15, -0.1) is 0 Å². The fourth-order valence-electron chi connectivity index (χ4n) is 3.95. The van der Waals surface area contributed by atoms with Gasteiger partial charge in [0.2, 0.25) is 5.43 Å². The lowest BCUT2D eigenvalue weighted by molar-refractivity contribution is 0.0695. The number of hydrogen-bond donors (Lipinski definition) is 2. The molecule has 1 saturated carbocycles. The average Bonchev–Trinajstić information content (AvgIpc) is 3.38. The first kappa shape index (κ1) is 17.8. The molecule has 8 heteroatoms. The number of carbonyl (C=O) groups is 1. The number of halogens is 1. The third-order valence-electron chi connectivity index (χ3n) is 5.51. The van der Waals surface area contributed by atoms with E-state index in [1.165, 1.54) is 13.3 Å². The number of fused-ring (bicyclic) bond motifs is 1. The molecule has 0 amide bonds. The maximum Gasteiger partial charge on any atom is 0.341 e. The second kappa shape index (κ2) is 6.53. The maximum atomic E-state index is 15.1. The summed E-state index contributed by atoms with van der Waals surface area (Å²) in [5.41, 5.74) is 5.49. The van der Waals surface area contributed by atoms with Gasteiger partial charge in [0.05, 0.1) is 18.0 Å². The van der Waals surface area contributed by atoms with Gasteiger partial charge in [0.25, 0.3) is 0 Å². The largest absolute Gasteiger partial charge is 0.492 e. The molecule has 2 fully saturated rings. The van der Waals surface area contributed by atoms with E-state index in [1.807, 2.05) is 4.90 Å². The molecule has 1 aromatic heterocycles. The number of benzene rings is 1. The van der Waals surface area contributed by atoms with Gasteiger partial charge >= 0.3 is 5.97 Å². The van der Waals surface area contributed by atoms with Gasteiger partial charge < -0.3 is 25.0 Å². The highest BCUT2D eigenvalue weighted by Gasteiger charge is 2.32. The van der Waals surface area contributed by atoms with Crippen molar-refractivity contribution in [2.75, 3.05) is 31.6 Å². The fraction of sp³-hybridized carbons (Fsp3) is 0.474. The molecule has 1 saturated heterocycles. The van der Waals surface area contributed by atoms with E-state index in [-0.39, 0.29) is 28.7 Å². The van der Waals surface area contributed by atoms with Crippen molar-refractivity contribution in [3.63, 3.8) is 0 Å². The summed E-state index contributed by atoms with van der Waals surface area (Å²) in [6.07, 6.45) is 3.99. The van der Waals surface area contributed by atoms with Crippen LogP contribution in [0.1, 0.15) is 35.7 Å². The highest BCUT2D eigenvalue weighted by Crippen LogP contribution is 2.44. The number of ether oxygens (including phenoxy) is 1. The molecule has 7 nitrogen and oxygen atoms in total. The SMILES string of the molecule is COc1c(N2CC[C@H](CN)C2)c(F)cc2c(=O)c(C(=O)O)cn(C3CC3)c12. The molecular formula is C19H22FN3O4. The summed E-state index contributed by atoms with van der Waals surface area (Å²) >= 11 is 0. The predicted molar refractivity (Wildman–Crippen MR) is 99.3 cm³/mol. The second-order valence-electron chi connectivity index (χ2n) is 7.29. The molecular weight excluding hydrogens is 353 g/mol. The summed E-state index contributed by atoms with van der Waals surface area (Å²) in [6.45, 7) is 1.81. The predicted octanol–water partition coefficient (Wildman–Crippen LogP) is 1.97. The summed E-state index contributed by atoms with van der Waals surface area (Å²) in [7, 11) is 1.45. The normalized spacial score (nSPS) is 19.7. The average molecular weight is 375 g/mol. The van der Waals surface area contributed by atoms with Crippen LogP contribution in [0.15, 0.2) is 17.1 Å². The third-order valence-corrected chi connectivity index (χ3v) is 5.51. The van der Waals surface area contributed by atoms with Crippen molar-refractivity contribution in [2.24, 2.45) is 11.7 Å². The Balaban J connectivity index is 2.01. The lowest BCUT2D eigenvalue weighted by atomic mass is 10.1. The van der Waals surface area contributed by atoms with Crippen LogP contribution >= 0.6 is 0 Å². The molecule has 0 spiro atoms. The summed E-state index contributed by atoms with van der Waals surface area (Å²) in [4.78, 5) is 26.1. The van der Waals surface area contributed by atoms with Crippen LogP contribution in [-0.2, 0) is 0 Å². The van der Waals surface area contributed by atoms with Crippen LogP contribution in [0.5, 0.6) is 5.75 Å². The van der Waals surface area contributed by atoms with Gasteiger partial charge in [-0.3, -0.25) is 4.79 Å². The van der Waals surface area contributed by atoms with Crippen LogP contribution < -0.4 is 20.8 Å². The number of pyridine rings is 1. The molecule has 3 N–H and O–H groups in total. The Morgan fingerprint density at radius 1 is 1.41 bits per heavy atom. The highest BCUT2D eigenvalue weighted by atomic mass is 19.1. The van der Waals surface area contributed by atoms with Crippen molar-refractivity contribution >= 4 is 22.6 Å². The Morgan fingerprint density at radius 3 is 2.70 bits per heavy atom. The zero-order chi connectivity index (χ0) is 19.3. The molecule has 0 radical (unpaired) electrons. The second-order valence-corrected chi connectivity index (χ2v) is 7.29. The van der Waals surface area contributed by atoms with Crippen molar-refractivity contribution in [1.29, 1.82) is 0 Å². The zero-order valence-corrected chi connectivity index (χ0v) is 15.1. The number of nitrogens with zero attached hydrogens (tertiary/aromatic N) is 2. The maximum absolute atomic E-state index is 15.1. The molecule has 144 valence electrons. The summed E-state index contributed by atoms with van der Waals surface area (Å²) in [6, 6.07) is 1.24. The molecule has 2 aromatic rings. The lowest BCUT2D eigenvalue weighted by Gasteiger charge is -2.24. The summed E-state index contributed by atoms with van der Waals surface area (Å²) < 4.78 is 22.4. The monoisotopic (exact) mass is 375 g/mol. The molecule has 2 aliphatic rings. The van der Waals surface area contributed by atoms with E-state index in [4.69, 9.17) is 10.5 Å². The minimum Gasteiger partial charge on any atom is -0.492 e. The number of methoxy groups -OCH3 is 1. The smallest absolute Gasteiger partial charge is 0.341 e. The topological polar surface area (TPSA) is 97.8 Å². The number of aromatic nitrogens is 1. The molecule has 1 aliphatic heterocycles. The fourth-order valence-corrected chi connectivity index (χ4v) is 3.95. The van der Waals surface area contributed by atoms with Crippen molar-refractivity contribution in [3.05, 3.63) is 33.9 Å². The van der Waals surface area contributed by atoms with E-state index < -0.39 is 17.2 Å². The molecule has 1 atom stereocenters. The number of carboxylic acids is 1. The standard InChI is InChI=1S/C19H22FN3O4/c1-27-18-15-12(6-14(20)16(18)22-5-4-10(7-21)8-22)17(24)13(19(25)26)9-23(15)11-2-3-11/h6,9-11H,2-5,7-8,21H2,1H3,(H,25,26)/t10-/m1/s1. The van der Waals surface area contributed by atoms with E-state index in [0.717, 1.165) is 25.3 Å².